The summed E-state index contributed by atoms with van der Waals surface area (Å²) in [5.74, 6) is 0.535. The van der Waals surface area contributed by atoms with E-state index >= 15 is 0 Å². The quantitative estimate of drug-likeness (QED) is 0.808. The molecule has 4 rings (SSSR count). The van der Waals surface area contributed by atoms with E-state index < -0.39 is 0 Å². The average molecular weight is 329 g/mol. The second kappa shape index (κ2) is 5.53. The summed E-state index contributed by atoms with van der Waals surface area (Å²) in [6.45, 7) is 2.02. The molecule has 3 heterocycles. The molecule has 0 saturated carbocycles. The molecule has 23 heavy (non-hydrogen) atoms. The number of benzene rings is 1. The number of likely N-dealkylation sites (tertiary alicyclic amines) is 1. The fourth-order valence-corrected chi connectivity index (χ4v) is 4.08. The monoisotopic (exact) mass is 328 g/mol. The van der Waals surface area contributed by atoms with Crippen molar-refractivity contribution in [1.29, 1.82) is 0 Å². The zero-order valence-corrected chi connectivity index (χ0v) is 13.4. The van der Waals surface area contributed by atoms with Crippen molar-refractivity contribution in [2.24, 2.45) is 5.92 Å². The highest BCUT2D eigenvalue weighted by molar-refractivity contribution is 6.33. The molecule has 1 fully saturated rings. The molecule has 0 radical (unpaired) electrons. The number of hydrogen-bond donors (Lipinski definition) is 0. The van der Waals surface area contributed by atoms with Gasteiger partial charge in [0.25, 0.3) is 11.5 Å². The Balaban J connectivity index is 1.65. The molecular weight excluding hydrogens is 312 g/mol. The fourth-order valence-electron chi connectivity index (χ4n) is 3.87. The van der Waals surface area contributed by atoms with Crippen molar-refractivity contribution in [2.45, 2.75) is 18.9 Å². The van der Waals surface area contributed by atoms with Gasteiger partial charge in [-0.3, -0.25) is 9.59 Å². The summed E-state index contributed by atoms with van der Waals surface area (Å²) >= 11 is 6.17. The predicted octanol–water partition coefficient (Wildman–Crippen LogP) is 2.76. The van der Waals surface area contributed by atoms with Crippen LogP contribution in [0.2, 0.25) is 5.02 Å². The minimum Gasteiger partial charge on any atom is -0.338 e. The smallest absolute Gasteiger partial charge is 0.255 e. The summed E-state index contributed by atoms with van der Waals surface area (Å²) in [6.07, 6.45) is 1.04. The van der Waals surface area contributed by atoms with Gasteiger partial charge in [-0.2, -0.15) is 0 Å². The van der Waals surface area contributed by atoms with Crippen LogP contribution in [0.3, 0.4) is 0 Å². The Labute approximate surface area is 139 Å². The van der Waals surface area contributed by atoms with Crippen molar-refractivity contribution >= 4 is 17.5 Å². The van der Waals surface area contributed by atoms with E-state index in [4.69, 9.17) is 11.6 Å². The largest absolute Gasteiger partial charge is 0.338 e. The lowest BCUT2D eigenvalue weighted by Crippen LogP contribution is -2.49. The first-order valence-electron chi connectivity index (χ1n) is 7.87. The Kier molecular flexibility index (Phi) is 3.49. The summed E-state index contributed by atoms with van der Waals surface area (Å²) in [5, 5.41) is 0.491. The normalized spacial score (nSPS) is 22.6. The summed E-state index contributed by atoms with van der Waals surface area (Å²) in [7, 11) is 0. The Morgan fingerprint density at radius 2 is 1.87 bits per heavy atom. The molecule has 1 saturated heterocycles. The van der Waals surface area contributed by atoms with Crippen LogP contribution in [0.1, 0.15) is 28.4 Å². The topological polar surface area (TPSA) is 42.3 Å². The molecule has 1 aromatic heterocycles. The number of nitrogens with zero attached hydrogens (tertiary/aromatic N) is 2. The molecule has 4 nitrogen and oxygen atoms in total. The lowest BCUT2D eigenvalue weighted by Gasteiger charge is -2.42. The zero-order valence-electron chi connectivity index (χ0n) is 12.6. The van der Waals surface area contributed by atoms with Crippen molar-refractivity contribution in [3.8, 4) is 0 Å². The van der Waals surface area contributed by atoms with Gasteiger partial charge in [0, 0.05) is 37.3 Å². The number of hydrogen-bond acceptors (Lipinski definition) is 2. The molecule has 2 bridgehead atoms. The Bertz CT molecular complexity index is 830. The van der Waals surface area contributed by atoms with E-state index in [1.54, 1.807) is 18.2 Å². The second-order valence-electron chi connectivity index (χ2n) is 6.39. The van der Waals surface area contributed by atoms with Gasteiger partial charge in [-0.15, -0.1) is 0 Å². The van der Waals surface area contributed by atoms with Gasteiger partial charge in [-0.1, -0.05) is 29.8 Å². The van der Waals surface area contributed by atoms with Crippen molar-refractivity contribution in [1.82, 2.24) is 9.47 Å². The van der Waals surface area contributed by atoms with E-state index in [1.807, 2.05) is 33.7 Å². The van der Waals surface area contributed by atoms with Crippen LogP contribution in [0.25, 0.3) is 0 Å². The number of pyridine rings is 1. The zero-order chi connectivity index (χ0) is 16.0. The van der Waals surface area contributed by atoms with Gasteiger partial charge < -0.3 is 9.47 Å². The summed E-state index contributed by atoms with van der Waals surface area (Å²) in [6, 6.07) is 12.6. The van der Waals surface area contributed by atoms with Gasteiger partial charge in [-0.25, -0.2) is 0 Å². The first kappa shape index (κ1) is 14.5. The maximum atomic E-state index is 12.8. The maximum Gasteiger partial charge on any atom is 0.255 e. The minimum absolute atomic E-state index is 0.0166. The van der Waals surface area contributed by atoms with Gasteiger partial charge in [-0.05, 0) is 30.5 Å². The standard InChI is InChI=1S/C18H17ClN2O2/c19-15-5-2-1-4-14(15)18(23)20-9-12-8-13(11-20)16-6-3-7-17(22)21(16)10-12/h1-7,12-13H,8-11H2/t12-,13+/m1/s1. The number of amides is 1. The molecular formula is C18H17ClN2O2. The average Bonchev–Trinajstić information content (AvgIpc) is 2.55. The van der Waals surface area contributed by atoms with Gasteiger partial charge in [0.15, 0.2) is 0 Å². The Morgan fingerprint density at radius 1 is 1.04 bits per heavy atom. The van der Waals surface area contributed by atoms with Crippen LogP contribution in [0.4, 0.5) is 0 Å². The number of carbonyl (C=O) groups excluding carboxylic acids is 1. The van der Waals surface area contributed by atoms with E-state index in [2.05, 4.69) is 0 Å². The summed E-state index contributed by atoms with van der Waals surface area (Å²) in [5.41, 5.74) is 1.66. The van der Waals surface area contributed by atoms with Crippen LogP contribution in [-0.2, 0) is 6.54 Å². The first-order valence-corrected chi connectivity index (χ1v) is 8.25. The third kappa shape index (κ3) is 2.47. The van der Waals surface area contributed by atoms with E-state index in [1.165, 1.54) is 0 Å². The van der Waals surface area contributed by atoms with E-state index in [-0.39, 0.29) is 17.4 Å². The van der Waals surface area contributed by atoms with Gasteiger partial charge >= 0.3 is 0 Å². The number of halogens is 1. The van der Waals surface area contributed by atoms with Gasteiger partial charge in [0.2, 0.25) is 0 Å². The molecule has 2 atom stereocenters. The summed E-state index contributed by atoms with van der Waals surface area (Å²) < 4.78 is 1.87. The van der Waals surface area contributed by atoms with Crippen LogP contribution < -0.4 is 5.56 Å². The second-order valence-corrected chi connectivity index (χ2v) is 6.80. The Morgan fingerprint density at radius 3 is 2.70 bits per heavy atom. The van der Waals surface area contributed by atoms with Crippen molar-refractivity contribution in [2.75, 3.05) is 13.1 Å². The number of rotatable bonds is 1. The highest BCUT2D eigenvalue weighted by atomic mass is 35.5. The third-order valence-electron chi connectivity index (χ3n) is 4.87. The van der Waals surface area contributed by atoms with E-state index in [0.29, 0.717) is 36.1 Å². The lowest BCUT2D eigenvalue weighted by molar-refractivity contribution is 0.0595. The van der Waals surface area contributed by atoms with Crippen LogP contribution in [-0.4, -0.2) is 28.5 Å². The van der Waals surface area contributed by atoms with Crippen LogP contribution in [0, 0.1) is 5.92 Å². The molecule has 0 unspecified atom stereocenters. The fraction of sp³-hybridized carbons (Fsp3) is 0.333. The molecule has 118 valence electrons. The molecule has 2 aliphatic rings. The minimum atomic E-state index is -0.0166. The third-order valence-corrected chi connectivity index (χ3v) is 5.20. The number of piperidine rings is 1. The van der Waals surface area contributed by atoms with E-state index in [9.17, 15) is 9.59 Å². The number of carbonyl (C=O) groups is 1. The first-order chi connectivity index (χ1) is 11.1. The van der Waals surface area contributed by atoms with Crippen LogP contribution in [0.5, 0.6) is 0 Å². The van der Waals surface area contributed by atoms with E-state index in [0.717, 1.165) is 12.1 Å². The lowest BCUT2D eigenvalue weighted by atomic mass is 9.83. The summed E-state index contributed by atoms with van der Waals surface area (Å²) in [4.78, 5) is 26.7. The molecule has 0 N–H and O–H groups in total. The van der Waals surface area contributed by atoms with Gasteiger partial charge in [0.05, 0.1) is 10.6 Å². The molecule has 2 aliphatic heterocycles. The van der Waals surface area contributed by atoms with Crippen LogP contribution >= 0.6 is 11.6 Å². The molecule has 0 aliphatic carbocycles. The SMILES string of the molecule is O=C(c1ccccc1Cl)N1C[C@H]2C[C@@H](C1)c1cccc(=O)n1C2. The molecule has 2 aromatic rings. The number of fused-ring (bicyclic) bond motifs is 4. The van der Waals surface area contributed by atoms with Crippen molar-refractivity contribution < 1.29 is 4.79 Å². The molecule has 1 amide bonds. The molecule has 0 spiro atoms. The van der Waals surface area contributed by atoms with Crippen molar-refractivity contribution in [3.63, 3.8) is 0 Å². The number of aromatic nitrogens is 1. The molecule has 1 aromatic carbocycles. The van der Waals surface area contributed by atoms with Gasteiger partial charge in [0.1, 0.15) is 0 Å². The highest BCUT2D eigenvalue weighted by Crippen LogP contribution is 2.35. The predicted molar refractivity (Wildman–Crippen MR) is 88.9 cm³/mol. The van der Waals surface area contributed by atoms with Crippen molar-refractivity contribution in [3.05, 3.63) is 69.1 Å². The maximum absolute atomic E-state index is 12.8. The van der Waals surface area contributed by atoms with Crippen LogP contribution in [0.15, 0.2) is 47.3 Å². The molecule has 5 heteroatoms. The highest BCUT2D eigenvalue weighted by Gasteiger charge is 2.36. The Hall–Kier alpha value is -2.07.